The minimum absolute atomic E-state index is 0.141. The summed E-state index contributed by atoms with van der Waals surface area (Å²) in [5.41, 5.74) is 0. The van der Waals surface area contributed by atoms with Gasteiger partial charge in [0.25, 0.3) is 0 Å². The molecule has 0 saturated carbocycles. The van der Waals surface area contributed by atoms with Gasteiger partial charge in [-0.15, -0.1) is 0 Å². The highest BCUT2D eigenvalue weighted by atomic mass is 35.5. The first-order chi connectivity index (χ1) is 9.78. The molecule has 1 N–H and O–H groups in total. The fourth-order valence-corrected chi connectivity index (χ4v) is 2.20. The lowest BCUT2D eigenvalue weighted by Crippen LogP contribution is -2.22. The molecule has 0 radical (unpaired) electrons. The maximum Gasteiger partial charge on any atom is 0.322 e. The Bertz CT molecular complexity index is 413. The Morgan fingerprint density at radius 3 is 3.00 bits per heavy atom. The second kappa shape index (κ2) is 8.21. The van der Waals surface area contributed by atoms with Crippen molar-refractivity contribution in [1.82, 2.24) is 15.0 Å². The number of halogens is 1. The molecule has 2 heterocycles. The predicted molar refractivity (Wildman–Crippen MR) is 77.3 cm³/mol. The smallest absolute Gasteiger partial charge is 0.322 e. The number of hydrogen-bond acceptors (Lipinski definition) is 6. The van der Waals surface area contributed by atoms with Crippen molar-refractivity contribution in [3.63, 3.8) is 0 Å². The van der Waals surface area contributed by atoms with Crippen LogP contribution in [0.25, 0.3) is 0 Å². The van der Waals surface area contributed by atoms with Crippen LogP contribution in [0, 0.1) is 0 Å². The van der Waals surface area contributed by atoms with Gasteiger partial charge in [-0.05, 0) is 43.7 Å². The van der Waals surface area contributed by atoms with Crippen LogP contribution in [-0.2, 0) is 4.74 Å². The molecule has 1 unspecified atom stereocenters. The zero-order chi connectivity index (χ0) is 14.2. The zero-order valence-electron chi connectivity index (χ0n) is 11.8. The van der Waals surface area contributed by atoms with E-state index in [1.165, 1.54) is 12.8 Å². The van der Waals surface area contributed by atoms with Crippen molar-refractivity contribution in [2.75, 3.05) is 25.1 Å². The van der Waals surface area contributed by atoms with Gasteiger partial charge >= 0.3 is 6.01 Å². The van der Waals surface area contributed by atoms with Gasteiger partial charge in [0.15, 0.2) is 0 Å². The van der Waals surface area contributed by atoms with E-state index in [1.54, 1.807) is 0 Å². The van der Waals surface area contributed by atoms with Crippen LogP contribution in [-0.4, -0.2) is 40.8 Å². The van der Waals surface area contributed by atoms with Gasteiger partial charge in [0, 0.05) is 13.2 Å². The summed E-state index contributed by atoms with van der Waals surface area (Å²) in [6.45, 7) is 4.21. The maximum absolute atomic E-state index is 5.85. The normalized spacial score (nSPS) is 18.8. The Labute approximate surface area is 124 Å². The average Bonchev–Trinajstić information content (AvgIpc) is 2.46. The minimum Gasteiger partial charge on any atom is -0.463 e. The lowest BCUT2D eigenvalue weighted by atomic mass is 10.1. The topological polar surface area (TPSA) is 69.2 Å². The van der Waals surface area contributed by atoms with Crippen molar-refractivity contribution in [2.45, 2.75) is 45.1 Å². The molecule has 0 aromatic carbocycles. The molecule has 1 aromatic rings. The standard InChI is InChI=1S/C13H21ClN4O2/c1-2-8-20-13-17-11(14)16-12(18-13)15-7-6-10-5-3-4-9-19-10/h10H,2-9H2,1H3,(H,15,16,17,18). The molecule has 1 atom stereocenters. The van der Waals surface area contributed by atoms with Crippen molar-refractivity contribution in [2.24, 2.45) is 0 Å². The Morgan fingerprint density at radius 1 is 1.35 bits per heavy atom. The molecule has 2 rings (SSSR count). The molecule has 0 aliphatic carbocycles. The number of ether oxygens (including phenoxy) is 2. The van der Waals surface area contributed by atoms with Gasteiger partial charge in [0.2, 0.25) is 11.2 Å². The molecule has 112 valence electrons. The Morgan fingerprint density at radius 2 is 2.25 bits per heavy atom. The quantitative estimate of drug-likeness (QED) is 0.835. The number of nitrogens with zero attached hydrogens (tertiary/aromatic N) is 3. The third-order valence-corrected chi connectivity index (χ3v) is 3.22. The maximum atomic E-state index is 5.85. The highest BCUT2D eigenvalue weighted by Gasteiger charge is 2.13. The van der Waals surface area contributed by atoms with Gasteiger partial charge in [0.05, 0.1) is 12.7 Å². The molecule has 7 heteroatoms. The summed E-state index contributed by atoms with van der Waals surface area (Å²) in [4.78, 5) is 12.1. The van der Waals surface area contributed by atoms with Crippen LogP contribution in [0.1, 0.15) is 39.0 Å². The highest BCUT2D eigenvalue weighted by Crippen LogP contribution is 2.16. The van der Waals surface area contributed by atoms with Crippen LogP contribution in [0.15, 0.2) is 0 Å². The monoisotopic (exact) mass is 300 g/mol. The van der Waals surface area contributed by atoms with E-state index in [1.807, 2.05) is 6.92 Å². The van der Waals surface area contributed by atoms with Crippen molar-refractivity contribution in [3.8, 4) is 6.01 Å². The summed E-state index contributed by atoms with van der Waals surface area (Å²) in [5, 5.41) is 3.28. The van der Waals surface area contributed by atoms with E-state index in [0.29, 0.717) is 18.7 Å². The number of anilines is 1. The molecule has 1 aromatic heterocycles. The first kappa shape index (κ1) is 15.3. The number of nitrogens with one attached hydrogen (secondary N) is 1. The van der Waals surface area contributed by atoms with Gasteiger partial charge in [-0.2, -0.15) is 15.0 Å². The van der Waals surface area contributed by atoms with Gasteiger partial charge in [-0.25, -0.2) is 0 Å². The van der Waals surface area contributed by atoms with Gasteiger partial charge in [0.1, 0.15) is 0 Å². The van der Waals surface area contributed by atoms with Crippen LogP contribution in [0.2, 0.25) is 5.28 Å². The largest absolute Gasteiger partial charge is 0.463 e. The lowest BCUT2D eigenvalue weighted by Gasteiger charge is -2.22. The Hall–Kier alpha value is -1.14. The Balaban J connectivity index is 1.80. The van der Waals surface area contributed by atoms with Crippen molar-refractivity contribution < 1.29 is 9.47 Å². The van der Waals surface area contributed by atoms with E-state index in [4.69, 9.17) is 21.1 Å². The molecule has 1 saturated heterocycles. The van der Waals surface area contributed by atoms with Gasteiger partial charge < -0.3 is 14.8 Å². The zero-order valence-corrected chi connectivity index (χ0v) is 12.5. The first-order valence-electron chi connectivity index (χ1n) is 7.17. The fraction of sp³-hybridized carbons (Fsp3) is 0.769. The number of aromatic nitrogens is 3. The summed E-state index contributed by atoms with van der Waals surface area (Å²) in [6, 6.07) is 0.267. The molecule has 1 aliphatic heterocycles. The van der Waals surface area contributed by atoms with E-state index >= 15 is 0 Å². The van der Waals surface area contributed by atoms with Gasteiger partial charge in [-0.3, -0.25) is 0 Å². The van der Waals surface area contributed by atoms with Crippen LogP contribution in [0.5, 0.6) is 6.01 Å². The predicted octanol–water partition coefficient (Wildman–Crippen LogP) is 2.68. The fourth-order valence-electron chi connectivity index (χ4n) is 2.05. The third-order valence-electron chi connectivity index (χ3n) is 3.05. The van der Waals surface area contributed by atoms with Crippen LogP contribution in [0.3, 0.4) is 0 Å². The number of hydrogen-bond donors (Lipinski definition) is 1. The second-order valence-corrected chi connectivity index (χ2v) is 5.10. The SMILES string of the molecule is CCCOc1nc(Cl)nc(NCCC2CCCCO2)n1. The minimum atomic E-state index is 0.141. The van der Waals surface area contributed by atoms with Crippen molar-refractivity contribution in [1.29, 1.82) is 0 Å². The molecular formula is C13H21ClN4O2. The first-order valence-corrected chi connectivity index (χ1v) is 7.55. The lowest BCUT2D eigenvalue weighted by molar-refractivity contribution is 0.0134. The molecule has 20 heavy (non-hydrogen) atoms. The third kappa shape index (κ3) is 5.09. The van der Waals surface area contributed by atoms with Crippen molar-refractivity contribution >= 4 is 17.5 Å². The molecule has 6 nitrogen and oxygen atoms in total. The number of rotatable bonds is 7. The van der Waals surface area contributed by atoms with Crippen LogP contribution in [0.4, 0.5) is 5.95 Å². The molecular weight excluding hydrogens is 280 g/mol. The Kier molecular flexibility index (Phi) is 6.26. The van der Waals surface area contributed by atoms with E-state index in [9.17, 15) is 0 Å². The van der Waals surface area contributed by atoms with E-state index in [0.717, 1.165) is 32.4 Å². The molecule has 0 bridgehead atoms. The highest BCUT2D eigenvalue weighted by molar-refractivity contribution is 6.28. The second-order valence-electron chi connectivity index (χ2n) is 4.76. The summed E-state index contributed by atoms with van der Waals surface area (Å²) < 4.78 is 11.0. The van der Waals surface area contributed by atoms with Crippen LogP contribution < -0.4 is 10.1 Å². The molecule has 0 spiro atoms. The van der Waals surface area contributed by atoms with Crippen molar-refractivity contribution in [3.05, 3.63) is 5.28 Å². The van der Waals surface area contributed by atoms with E-state index in [2.05, 4.69) is 20.3 Å². The van der Waals surface area contributed by atoms with E-state index < -0.39 is 0 Å². The van der Waals surface area contributed by atoms with Gasteiger partial charge in [-0.1, -0.05) is 6.92 Å². The van der Waals surface area contributed by atoms with Crippen LogP contribution >= 0.6 is 11.6 Å². The average molecular weight is 301 g/mol. The summed E-state index contributed by atoms with van der Waals surface area (Å²) in [6.07, 6.45) is 5.72. The molecule has 0 amide bonds. The molecule has 1 aliphatic rings. The summed E-state index contributed by atoms with van der Waals surface area (Å²) in [7, 11) is 0. The summed E-state index contributed by atoms with van der Waals surface area (Å²) >= 11 is 5.85. The molecule has 1 fully saturated rings. The van der Waals surface area contributed by atoms with E-state index in [-0.39, 0.29) is 11.3 Å². The summed E-state index contributed by atoms with van der Waals surface area (Å²) in [5.74, 6) is 0.451.